The molecule has 4 nitrogen and oxygen atoms in total. The number of nitrogens with one attached hydrogen (secondary N) is 2. The van der Waals surface area contributed by atoms with Crippen LogP contribution in [0.2, 0.25) is 0 Å². The van der Waals surface area contributed by atoms with Crippen molar-refractivity contribution in [2.45, 2.75) is 12.8 Å². The lowest BCUT2D eigenvalue weighted by Gasteiger charge is -2.19. The van der Waals surface area contributed by atoms with Crippen molar-refractivity contribution in [2.24, 2.45) is 0 Å². The topological polar surface area (TPSA) is 57.8 Å². The van der Waals surface area contributed by atoms with E-state index >= 15 is 0 Å². The molecule has 134 valence electrons. The second-order valence-electron chi connectivity index (χ2n) is 6.71. The Hall–Kier alpha value is -3.40. The monoisotopic (exact) mass is 355 g/mol. The summed E-state index contributed by atoms with van der Waals surface area (Å²) in [5, 5.41) is 4.26. The van der Waals surface area contributed by atoms with Gasteiger partial charge in [0.1, 0.15) is 0 Å². The molecule has 0 saturated carbocycles. The van der Waals surface area contributed by atoms with Crippen molar-refractivity contribution in [1.29, 1.82) is 0 Å². The van der Waals surface area contributed by atoms with Crippen LogP contribution in [0.4, 0.5) is 0 Å². The first-order valence-corrected chi connectivity index (χ1v) is 9.03. The lowest BCUT2D eigenvalue weighted by molar-refractivity contribution is 0.0952. The molecule has 4 aromatic rings. The van der Waals surface area contributed by atoms with Crippen molar-refractivity contribution in [3.63, 3.8) is 0 Å². The molecule has 0 radical (unpaired) electrons. The van der Waals surface area contributed by atoms with Gasteiger partial charge in [0.25, 0.3) is 5.91 Å². The molecule has 0 bridgehead atoms. The molecule has 2 aromatic carbocycles. The Morgan fingerprint density at radius 1 is 1.11 bits per heavy atom. The molecule has 0 aliphatic rings. The molecule has 0 fully saturated rings. The summed E-state index contributed by atoms with van der Waals surface area (Å²) in [7, 11) is 0. The van der Waals surface area contributed by atoms with E-state index in [1.54, 1.807) is 24.5 Å². The van der Waals surface area contributed by atoms with Gasteiger partial charge in [-0.3, -0.25) is 9.78 Å². The van der Waals surface area contributed by atoms with Crippen LogP contribution in [-0.4, -0.2) is 22.4 Å². The lowest BCUT2D eigenvalue weighted by atomic mass is 9.90. The Bertz CT molecular complexity index is 1070. The minimum Gasteiger partial charge on any atom is -0.361 e. The van der Waals surface area contributed by atoms with Crippen molar-refractivity contribution in [1.82, 2.24) is 15.3 Å². The highest BCUT2D eigenvalue weighted by atomic mass is 16.1. The zero-order valence-corrected chi connectivity index (χ0v) is 15.1. The van der Waals surface area contributed by atoms with Crippen LogP contribution in [0.1, 0.15) is 33.0 Å². The fourth-order valence-electron chi connectivity index (χ4n) is 3.47. The highest BCUT2D eigenvalue weighted by Gasteiger charge is 2.19. The van der Waals surface area contributed by atoms with Crippen LogP contribution in [0.25, 0.3) is 10.9 Å². The Labute approximate surface area is 158 Å². The van der Waals surface area contributed by atoms with Crippen molar-refractivity contribution in [2.75, 3.05) is 6.54 Å². The normalized spacial score (nSPS) is 12.0. The van der Waals surface area contributed by atoms with Crippen LogP contribution >= 0.6 is 0 Å². The number of pyridine rings is 1. The van der Waals surface area contributed by atoms with Gasteiger partial charge in [0.05, 0.1) is 5.56 Å². The van der Waals surface area contributed by atoms with E-state index in [-0.39, 0.29) is 11.8 Å². The van der Waals surface area contributed by atoms with Crippen LogP contribution < -0.4 is 5.32 Å². The maximum absolute atomic E-state index is 12.5. The number of nitrogens with zero attached hydrogens (tertiary/aromatic N) is 1. The van der Waals surface area contributed by atoms with E-state index < -0.39 is 0 Å². The zero-order valence-electron chi connectivity index (χ0n) is 15.1. The molecular weight excluding hydrogens is 334 g/mol. The SMILES string of the molecule is Cc1cccc(C(CNC(=O)c2cccnc2)c2c[nH]c3ccccc23)c1. The Morgan fingerprint density at radius 2 is 2.00 bits per heavy atom. The molecule has 0 saturated heterocycles. The minimum atomic E-state index is -0.111. The van der Waals surface area contributed by atoms with Crippen LogP contribution in [0, 0.1) is 6.92 Å². The van der Waals surface area contributed by atoms with Crippen LogP contribution in [0.5, 0.6) is 0 Å². The number of benzene rings is 2. The van der Waals surface area contributed by atoms with Gasteiger partial charge in [-0.1, -0.05) is 48.0 Å². The molecular formula is C23H21N3O. The smallest absolute Gasteiger partial charge is 0.252 e. The number of H-pyrrole nitrogens is 1. The number of hydrogen-bond donors (Lipinski definition) is 2. The Balaban J connectivity index is 1.67. The minimum absolute atomic E-state index is 0.0571. The number of aryl methyl sites for hydroxylation is 1. The van der Waals surface area contributed by atoms with Crippen LogP contribution in [-0.2, 0) is 0 Å². The number of rotatable bonds is 5. The predicted octanol–water partition coefficient (Wildman–Crippen LogP) is 4.43. The first-order valence-electron chi connectivity index (χ1n) is 9.03. The molecule has 1 atom stereocenters. The predicted molar refractivity (Wildman–Crippen MR) is 108 cm³/mol. The van der Waals surface area contributed by atoms with Gasteiger partial charge in [-0.05, 0) is 36.2 Å². The number of aromatic nitrogens is 2. The molecule has 27 heavy (non-hydrogen) atoms. The second kappa shape index (κ2) is 7.46. The van der Waals surface area contributed by atoms with Gasteiger partial charge in [0.2, 0.25) is 0 Å². The molecule has 2 heterocycles. The van der Waals surface area contributed by atoms with Gasteiger partial charge in [0, 0.05) is 42.0 Å². The van der Waals surface area contributed by atoms with Crippen molar-refractivity contribution in [3.05, 3.63) is 102 Å². The van der Waals surface area contributed by atoms with Gasteiger partial charge >= 0.3 is 0 Å². The molecule has 4 rings (SSSR count). The standard InChI is InChI=1S/C23H21N3O/c1-16-6-4-7-17(12-16)20(14-26-23(27)18-8-5-11-24-13-18)21-15-25-22-10-3-2-9-19(21)22/h2-13,15,20,25H,14H2,1H3,(H,26,27). The highest BCUT2D eigenvalue weighted by molar-refractivity contribution is 5.94. The zero-order chi connectivity index (χ0) is 18.6. The number of carbonyl (C=O) groups is 1. The van der Waals surface area contributed by atoms with E-state index in [0.717, 1.165) is 5.52 Å². The second-order valence-corrected chi connectivity index (χ2v) is 6.71. The molecule has 0 aliphatic carbocycles. The molecule has 2 aromatic heterocycles. The fourth-order valence-corrected chi connectivity index (χ4v) is 3.47. The van der Waals surface area contributed by atoms with E-state index in [2.05, 4.69) is 58.6 Å². The summed E-state index contributed by atoms with van der Waals surface area (Å²) in [6, 6.07) is 20.3. The number of hydrogen-bond acceptors (Lipinski definition) is 2. The number of carbonyl (C=O) groups excluding carboxylic acids is 1. The van der Waals surface area contributed by atoms with Crippen LogP contribution in [0.15, 0.2) is 79.3 Å². The highest BCUT2D eigenvalue weighted by Crippen LogP contribution is 2.31. The quantitative estimate of drug-likeness (QED) is 0.556. The fraction of sp³-hybridized carbons (Fsp3) is 0.130. The summed E-state index contributed by atoms with van der Waals surface area (Å²) in [5.41, 5.74) is 5.24. The lowest BCUT2D eigenvalue weighted by Crippen LogP contribution is -2.29. The maximum atomic E-state index is 12.5. The maximum Gasteiger partial charge on any atom is 0.252 e. The molecule has 0 spiro atoms. The summed E-state index contributed by atoms with van der Waals surface area (Å²) < 4.78 is 0. The van der Waals surface area contributed by atoms with E-state index in [1.807, 2.05) is 18.3 Å². The van der Waals surface area contributed by atoms with Gasteiger partial charge < -0.3 is 10.3 Å². The Morgan fingerprint density at radius 3 is 2.81 bits per heavy atom. The third-order valence-electron chi connectivity index (χ3n) is 4.83. The van der Waals surface area contributed by atoms with Gasteiger partial charge in [-0.15, -0.1) is 0 Å². The van der Waals surface area contributed by atoms with Gasteiger partial charge in [-0.2, -0.15) is 0 Å². The summed E-state index contributed by atoms with van der Waals surface area (Å²) in [4.78, 5) is 19.9. The molecule has 1 unspecified atom stereocenters. The molecule has 1 amide bonds. The van der Waals surface area contributed by atoms with Crippen molar-refractivity contribution >= 4 is 16.8 Å². The van der Waals surface area contributed by atoms with Crippen molar-refractivity contribution < 1.29 is 4.79 Å². The van der Waals surface area contributed by atoms with Gasteiger partial charge in [-0.25, -0.2) is 0 Å². The average Bonchev–Trinajstić information content (AvgIpc) is 3.13. The molecule has 2 N–H and O–H groups in total. The van der Waals surface area contributed by atoms with E-state index in [9.17, 15) is 4.79 Å². The van der Waals surface area contributed by atoms with E-state index in [1.165, 1.54) is 22.1 Å². The number of para-hydroxylation sites is 1. The van der Waals surface area contributed by atoms with E-state index in [4.69, 9.17) is 0 Å². The summed E-state index contributed by atoms with van der Waals surface area (Å²) in [6.45, 7) is 2.60. The molecule has 0 aliphatic heterocycles. The first-order chi connectivity index (χ1) is 13.2. The Kier molecular flexibility index (Phi) is 4.71. The number of fused-ring (bicyclic) bond motifs is 1. The van der Waals surface area contributed by atoms with Gasteiger partial charge in [0.15, 0.2) is 0 Å². The third kappa shape index (κ3) is 3.60. The largest absolute Gasteiger partial charge is 0.361 e. The van der Waals surface area contributed by atoms with Crippen molar-refractivity contribution in [3.8, 4) is 0 Å². The summed E-state index contributed by atoms with van der Waals surface area (Å²) in [5.74, 6) is -0.0535. The average molecular weight is 355 g/mol. The number of amides is 1. The van der Waals surface area contributed by atoms with E-state index in [0.29, 0.717) is 12.1 Å². The number of aromatic amines is 1. The molecule has 4 heteroatoms. The van der Waals surface area contributed by atoms with Crippen LogP contribution in [0.3, 0.4) is 0 Å². The first kappa shape index (κ1) is 17.0. The third-order valence-corrected chi connectivity index (χ3v) is 4.83. The summed E-state index contributed by atoms with van der Waals surface area (Å²) in [6.07, 6.45) is 5.30. The summed E-state index contributed by atoms with van der Waals surface area (Å²) >= 11 is 0.